The molecule has 1 aliphatic heterocycles. The molecule has 0 unspecified atom stereocenters. The molecule has 2 aromatic carbocycles. The van der Waals surface area contributed by atoms with Gasteiger partial charge in [0.15, 0.2) is 0 Å². The van der Waals surface area contributed by atoms with Gasteiger partial charge in [-0.15, -0.1) is 4.40 Å². The molecule has 0 atom stereocenters. The van der Waals surface area contributed by atoms with Crippen molar-refractivity contribution in [1.29, 1.82) is 0 Å². The van der Waals surface area contributed by atoms with E-state index in [1.54, 1.807) is 7.05 Å². The van der Waals surface area contributed by atoms with Crippen molar-refractivity contribution in [3.05, 3.63) is 63.5 Å². The summed E-state index contributed by atoms with van der Waals surface area (Å²) in [5, 5.41) is 13.5. The zero-order chi connectivity index (χ0) is 23.5. The zero-order valence-electron chi connectivity index (χ0n) is 17.7. The standard InChI is InChI=1S/C21H23FN4O5S/c1-14-18(22)11-15(12-19(14)26(28)29)21(27)23-16-7-6-8-17(13-16)32(30,31)24-20-9-4-3-5-10-25(20)2/h6-8,11-13H,3-5,9-10H2,1-2H3,(H,23,27)/b24-20+. The Morgan fingerprint density at radius 2 is 1.97 bits per heavy atom. The monoisotopic (exact) mass is 462 g/mol. The number of hydrogen-bond acceptors (Lipinski definition) is 5. The Morgan fingerprint density at radius 3 is 2.69 bits per heavy atom. The lowest BCUT2D eigenvalue weighted by Gasteiger charge is -2.17. The first-order chi connectivity index (χ1) is 15.1. The fraction of sp³-hybridized carbons (Fsp3) is 0.333. The molecule has 1 heterocycles. The second kappa shape index (κ2) is 9.43. The first-order valence-electron chi connectivity index (χ1n) is 9.99. The summed E-state index contributed by atoms with van der Waals surface area (Å²) in [4.78, 5) is 24.6. The van der Waals surface area contributed by atoms with Gasteiger partial charge in [0, 0.05) is 37.3 Å². The van der Waals surface area contributed by atoms with Gasteiger partial charge >= 0.3 is 0 Å². The molecular formula is C21H23FN4O5S. The minimum Gasteiger partial charge on any atom is -0.362 e. The van der Waals surface area contributed by atoms with Gasteiger partial charge in [0.2, 0.25) is 0 Å². The van der Waals surface area contributed by atoms with E-state index in [-0.39, 0.29) is 21.7 Å². The molecule has 0 spiro atoms. The average molecular weight is 463 g/mol. The zero-order valence-corrected chi connectivity index (χ0v) is 18.5. The van der Waals surface area contributed by atoms with Crippen LogP contribution in [0, 0.1) is 22.9 Å². The highest BCUT2D eigenvalue weighted by Gasteiger charge is 2.21. The van der Waals surface area contributed by atoms with Crippen molar-refractivity contribution in [3.63, 3.8) is 0 Å². The molecule has 1 saturated heterocycles. The molecule has 0 radical (unpaired) electrons. The number of carbonyl (C=O) groups excluding carboxylic acids is 1. The fourth-order valence-electron chi connectivity index (χ4n) is 3.36. The second-order valence-electron chi connectivity index (χ2n) is 7.56. The molecular weight excluding hydrogens is 439 g/mol. The maximum absolute atomic E-state index is 14.0. The lowest BCUT2D eigenvalue weighted by atomic mass is 10.1. The highest BCUT2D eigenvalue weighted by atomic mass is 32.2. The summed E-state index contributed by atoms with van der Waals surface area (Å²) in [7, 11) is -2.21. The number of nitrogens with zero attached hydrogens (tertiary/aromatic N) is 3. The van der Waals surface area contributed by atoms with Crippen molar-refractivity contribution in [2.45, 2.75) is 37.5 Å². The summed E-state index contributed by atoms with van der Waals surface area (Å²) in [6.07, 6.45) is 3.38. The highest BCUT2D eigenvalue weighted by Crippen LogP contribution is 2.24. The summed E-state index contributed by atoms with van der Waals surface area (Å²) in [5.41, 5.74) is -0.820. The topological polar surface area (TPSA) is 122 Å². The van der Waals surface area contributed by atoms with Crippen LogP contribution >= 0.6 is 0 Å². The Morgan fingerprint density at radius 1 is 1.22 bits per heavy atom. The van der Waals surface area contributed by atoms with Gasteiger partial charge in [-0.2, -0.15) is 8.42 Å². The Labute approximate surface area is 185 Å². The Kier molecular flexibility index (Phi) is 6.87. The maximum Gasteiger partial charge on any atom is 0.284 e. The van der Waals surface area contributed by atoms with Crippen molar-refractivity contribution in [2.24, 2.45) is 4.40 Å². The molecule has 1 aliphatic rings. The predicted molar refractivity (Wildman–Crippen MR) is 118 cm³/mol. The van der Waals surface area contributed by atoms with Crippen molar-refractivity contribution in [2.75, 3.05) is 18.9 Å². The van der Waals surface area contributed by atoms with Gasteiger partial charge in [-0.25, -0.2) is 4.39 Å². The largest absolute Gasteiger partial charge is 0.362 e. The van der Waals surface area contributed by atoms with E-state index in [2.05, 4.69) is 9.71 Å². The van der Waals surface area contributed by atoms with Crippen molar-refractivity contribution in [3.8, 4) is 0 Å². The molecule has 0 aromatic heterocycles. The molecule has 0 aliphatic carbocycles. The summed E-state index contributed by atoms with van der Waals surface area (Å²) in [6.45, 7) is 1.97. The molecule has 0 bridgehead atoms. The van der Waals surface area contributed by atoms with E-state index in [0.29, 0.717) is 12.3 Å². The van der Waals surface area contributed by atoms with E-state index in [1.807, 2.05) is 4.90 Å². The fourth-order valence-corrected chi connectivity index (χ4v) is 4.50. The quantitative estimate of drug-likeness (QED) is 0.531. The number of sulfonamides is 1. The molecule has 170 valence electrons. The number of anilines is 1. The highest BCUT2D eigenvalue weighted by molar-refractivity contribution is 7.90. The van der Waals surface area contributed by atoms with Crippen LogP contribution in [0.5, 0.6) is 0 Å². The van der Waals surface area contributed by atoms with Gasteiger partial charge < -0.3 is 10.2 Å². The predicted octanol–water partition coefficient (Wildman–Crippen LogP) is 3.89. The van der Waals surface area contributed by atoms with E-state index < -0.39 is 32.4 Å². The number of carbonyl (C=O) groups is 1. The van der Waals surface area contributed by atoms with E-state index >= 15 is 0 Å². The van der Waals surface area contributed by atoms with Gasteiger partial charge in [-0.1, -0.05) is 12.5 Å². The maximum atomic E-state index is 14.0. The number of hydrogen-bond donors (Lipinski definition) is 1. The third kappa shape index (κ3) is 5.28. The molecule has 1 amide bonds. The summed E-state index contributed by atoms with van der Waals surface area (Å²) in [5.74, 6) is -1.21. The van der Waals surface area contributed by atoms with Crippen LogP contribution in [-0.4, -0.2) is 43.6 Å². The molecule has 1 fully saturated rings. The summed E-state index contributed by atoms with van der Waals surface area (Å²) in [6, 6.07) is 7.38. The van der Waals surface area contributed by atoms with Crippen LogP contribution in [0.3, 0.4) is 0 Å². The van der Waals surface area contributed by atoms with E-state index in [0.717, 1.165) is 37.9 Å². The van der Waals surface area contributed by atoms with E-state index in [4.69, 9.17) is 0 Å². The van der Waals surface area contributed by atoms with Gasteiger partial charge in [-0.3, -0.25) is 14.9 Å². The number of likely N-dealkylation sites (tertiary alicyclic amines) is 1. The molecule has 9 nitrogen and oxygen atoms in total. The normalized spacial score (nSPS) is 16.0. The molecule has 11 heteroatoms. The van der Waals surface area contributed by atoms with Crippen LogP contribution in [0.25, 0.3) is 0 Å². The molecule has 1 N–H and O–H groups in total. The number of nitro groups is 1. The number of amides is 1. The first kappa shape index (κ1) is 23.3. The first-order valence-corrected chi connectivity index (χ1v) is 11.4. The van der Waals surface area contributed by atoms with Gasteiger partial charge in [0.1, 0.15) is 11.7 Å². The average Bonchev–Trinajstić information content (AvgIpc) is 2.93. The Bertz CT molecular complexity index is 1200. The second-order valence-corrected chi connectivity index (χ2v) is 9.16. The Hall–Kier alpha value is -3.34. The van der Waals surface area contributed by atoms with E-state index in [9.17, 15) is 27.7 Å². The lowest BCUT2D eigenvalue weighted by molar-refractivity contribution is -0.385. The lowest BCUT2D eigenvalue weighted by Crippen LogP contribution is -2.26. The van der Waals surface area contributed by atoms with Crippen LogP contribution in [0.15, 0.2) is 45.7 Å². The van der Waals surface area contributed by atoms with Gasteiger partial charge in [-0.05, 0) is 44.0 Å². The summed E-state index contributed by atoms with van der Waals surface area (Å²) < 4.78 is 43.6. The van der Waals surface area contributed by atoms with E-state index in [1.165, 1.54) is 31.2 Å². The summed E-state index contributed by atoms with van der Waals surface area (Å²) >= 11 is 0. The molecule has 0 saturated carbocycles. The number of benzene rings is 2. The van der Waals surface area contributed by atoms with Crippen molar-refractivity contribution >= 4 is 33.1 Å². The van der Waals surface area contributed by atoms with Gasteiger partial charge in [0.05, 0.1) is 15.4 Å². The van der Waals surface area contributed by atoms with Gasteiger partial charge in [0.25, 0.3) is 21.6 Å². The minimum absolute atomic E-state index is 0.110. The molecule has 32 heavy (non-hydrogen) atoms. The molecule has 3 rings (SSSR count). The van der Waals surface area contributed by atoms with Crippen LogP contribution in [0.2, 0.25) is 0 Å². The minimum atomic E-state index is -4.02. The smallest absolute Gasteiger partial charge is 0.284 e. The number of nitro benzene ring substituents is 1. The number of halogens is 1. The van der Waals surface area contributed by atoms with Crippen LogP contribution in [0.4, 0.5) is 15.8 Å². The molecule has 2 aromatic rings. The Balaban J connectivity index is 1.86. The number of rotatable bonds is 5. The van der Waals surface area contributed by atoms with Crippen LogP contribution in [0.1, 0.15) is 41.6 Å². The van der Waals surface area contributed by atoms with Crippen molar-refractivity contribution < 1.29 is 22.5 Å². The number of nitrogens with one attached hydrogen (secondary N) is 1. The van der Waals surface area contributed by atoms with Crippen LogP contribution in [-0.2, 0) is 10.0 Å². The SMILES string of the molecule is Cc1c(F)cc(C(=O)Nc2cccc(S(=O)(=O)/N=C3\CCCCCN3C)c2)cc1[N+](=O)[O-]. The third-order valence-electron chi connectivity index (χ3n) is 5.23. The van der Waals surface area contributed by atoms with Crippen LogP contribution < -0.4 is 5.32 Å². The van der Waals surface area contributed by atoms with Crippen molar-refractivity contribution in [1.82, 2.24) is 4.90 Å². The number of amidine groups is 1. The third-order valence-corrected chi connectivity index (χ3v) is 6.53.